The molecule has 4 aromatic rings. The average molecular weight is 590 g/mol. The predicted octanol–water partition coefficient (Wildman–Crippen LogP) is 5.85. The lowest BCUT2D eigenvalue weighted by Gasteiger charge is -2.36. The summed E-state index contributed by atoms with van der Waals surface area (Å²) in [6.07, 6.45) is 3.93. The van der Waals surface area contributed by atoms with Gasteiger partial charge in [-0.15, -0.1) is 11.3 Å². The second-order valence-electron chi connectivity index (χ2n) is 10.9. The lowest BCUT2D eigenvalue weighted by atomic mass is 10.1. The van der Waals surface area contributed by atoms with Gasteiger partial charge in [-0.25, -0.2) is 0 Å². The molecular weight excluding hydrogens is 550 g/mol. The van der Waals surface area contributed by atoms with Crippen molar-refractivity contribution in [2.24, 2.45) is 0 Å². The van der Waals surface area contributed by atoms with Crippen molar-refractivity contribution in [3.63, 3.8) is 0 Å². The Labute approximate surface area is 250 Å². The molecule has 1 saturated heterocycles. The molecular formula is C33H39N3O5S. The Bertz CT molecular complexity index is 1570. The highest BCUT2D eigenvalue weighted by atomic mass is 32.1. The Morgan fingerprint density at radius 3 is 2.55 bits per heavy atom. The molecule has 1 fully saturated rings. The largest absolute Gasteiger partial charge is 0.494 e. The van der Waals surface area contributed by atoms with E-state index in [1.165, 1.54) is 26.4 Å². The normalized spacial score (nSPS) is 14.0. The molecule has 0 saturated carbocycles. The van der Waals surface area contributed by atoms with Gasteiger partial charge in [0.05, 0.1) is 12.1 Å². The lowest BCUT2D eigenvalue weighted by Crippen LogP contribution is -2.46. The molecule has 9 heteroatoms. The second kappa shape index (κ2) is 14.5. The number of carbonyl (C=O) groups is 2. The number of ether oxygens (including phenoxy) is 2. The lowest BCUT2D eigenvalue weighted by molar-refractivity contribution is -0.147. The fraction of sp³-hybridized carbons (Fsp3) is 0.424. The van der Waals surface area contributed by atoms with E-state index in [4.69, 9.17) is 9.47 Å². The van der Waals surface area contributed by atoms with Crippen molar-refractivity contribution in [2.45, 2.75) is 52.2 Å². The smallest absolute Gasteiger partial charge is 0.307 e. The first kappa shape index (κ1) is 29.8. The number of ketones is 1. The van der Waals surface area contributed by atoms with Crippen LogP contribution in [0.4, 0.5) is 5.69 Å². The molecule has 0 atom stereocenters. The van der Waals surface area contributed by atoms with Crippen LogP contribution in [0.2, 0.25) is 0 Å². The van der Waals surface area contributed by atoms with Gasteiger partial charge >= 0.3 is 5.97 Å². The molecule has 0 spiro atoms. The van der Waals surface area contributed by atoms with Crippen LogP contribution >= 0.6 is 11.3 Å². The van der Waals surface area contributed by atoms with Crippen LogP contribution in [0.1, 0.15) is 45.4 Å². The Morgan fingerprint density at radius 2 is 1.71 bits per heavy atom. The summed E-state index contributed by atoms with van der Waals surface area (Å²) >= 11 is 1.80. The summed E-state index contributed by atoms with van der Waals surface area (Å²) in [5.74, 6) is 0.422. The molecule has 5 rings (SSSR count). The van der Waals surface area contributed by atoms with Crippen LogP contribution in [0.15, 0.2) is 64.8 Å². The Kier molecular flexibility index (Phi) is 10.3. The summed E-state index contributed by atoms with van der Waals surface area (Å²) in [7, 11) is 0. The molecule has 1 aliphatic heterocycles. The topological polar surface area (TPSA) is 81.1 Å². The molecule has 3 heterocycles. The van der Waals surface area contributed by atoms with Crippen molar-refractivity contribution in [3.8, 4) is 5.75 Å². The number of nitrogens with zero attached hydrogens (tertiary/aromatic N) is 3. The van der Waals surface area contributed by atoms with Gasteiger partial charge in [-0.1, -0.05) is 6.07 Å². The highest BCUT2D eigenvalue weighted by Crippen LogP contribution is 2.31. The summed E-state index contributed by atoms with van der Waals surface area (Å²) in [5.41, 5.74) is 1.78. The van der Waals surface area contributed by atoms with Crippen LogP contribution in [-0.4, -0.2) is 60.6 Å². The fourth-order valence-electron chi connectivity index (χ4n) is 5.44. The van der Waals surface area contributed by atoms with Crippen LogP contribution in [0.3, 0.4) is 0 Å². The molecule has 2 aromatic carbocycles. The third-order valence-corrected chi connectivity index (χ3v) is 8.68. The number of rotatable bonds is 14. The van der Waals surface area contributed by atoms with Gasteiger partial charge in [-0.2, -0.15) is 0 Å². The van der Waals surface area contributed by atoms with Gasteiger partial charge in [0.25, 0.3) is 5.56 Å². The standard InChI is InChI=1S/C33H39N3O5S/c1-25(37)7-2-3-10-33(39)41-24-36-30-23-27(13-11-26(30)12-14-32(36)38)40-21-5-4-16-34-17-19-35(20-18-34)29-8-6-9-31-28(29)15-22-42-31/h6,8-9,11-15,22-23H,2-5,7,10,16-21,24H2,1H3. The number of unbranched alkanes of at least 4 members (excludes halogenated alkanes) is 2. The highest BCUT2D eigenvalue weighted by Gasteiger charge is 2.18. The third kappa shape index (κ3) is 7.77. The second-order valence-corrected chi connectivity index (χ2v) is 11.8. The summed E-state index contributed by atoms with van der Waals surface area (Å²) in [4.78, 5) is 40.8. The highest BCUT2D eigenvalue weighted by molar-refractivity contribution is 7.17. The first-order valence-electron chi connectivity index (χ1n) is 14.8. The number of fused-ring (bicyclic) bond motifs is 2. The van der Waals surface area contributed by atoms with Crippen LogP contribution < -0.4 is 15.2 Å². The maximum atomic E-state index is 12.6. The van der Waals surface area contributed by atoms with E-state index in [1.54, 1.807) is 24.3 Å². The molecule has 0 N–H and O–H groups in total. The quantitative estimate of drug-likeness (QED) is 0.135. The van der Waals surface area contributed by atoms with E-state index in [2.05, 4.69) is 39.4 Å². The Morgan fingerprint density at radius 1 is 0.905 bits per heavy atom. The molecule has 0 bridgehead atoms. The van der Waals surface area contributed by atoms with E-state index in [0.29, 0.717) is 37.1 Å². The van der Waals surface area contributed by atoms with Gasteiger partial charge < -0.3 is 19.2 Å². The van der Waals surface area contributed by atoms with Gasteiger partial charge in [0.1, 0.15) is 11.5 Å². The van der Waals surface area contributed by atoms with Gasteiger partial charge in [0.15, 0.2) is 6.73 Å². The number of pyridine rings is 1. The van der Waals surface area contributed by atoms with E-state index in [-0.39, 0.29) is 30.5 Å². The van der Waals surface area contributed by atoms with Crippen molar-refractivity contribution in [1.82, 2.24) is 9.47 Å². The number of benzene rings is 2. The van der Waals surface area contributed by atoms with Crippen molar-refractivity contribution < 1.29 is 19.1 Å². The van der Waals surface area contributed by atoms with Gasteiger partial charge in [-0.05, 0) is 86.3 Å². The first-order valence-corrected chi connectivity index (χ1v) is 15.7. The predicted molar refractivity (Wildman–Crippen MR) is 169 cm³/mol. The zero-order valence-electron chi connectivity index (χ0n) is 24.3. The number of hydrogen-bond acceptors (Lipinski definition) is 8. The van der Waals surface area contributed by atoms with E-state index in [0.717, 1.165) is 51.0 Å². The van der Waals surface area contributed by atoms with Crippen molar-refractivity contribution in [2.75, 3.05) is 44.2 Å². The van der Waals surface area contributed by atoms with E-state index < -0.39 is 0 Å². The number of piperazine rings is 1. The monoisotopic (exact) mass is 589 g/mol. The summed E-state index contributed by atoms with van der Waals surface area (Å²) in [6, 6.07) is 17.7. The Balaban J connectivity index is 1.06. The minimum atomic E-state index is -0.379. The minimum Gasteiger partial charge on any atom is -0.494 e. The van der Waals surface area contributed by atoms with E-state index >= 15 is 0 Å². The van der Waals surface area contributed by atoms with Gasteiger partial charge in [-0.3, -0.25) is 19.1 Å². The van der Waals surface area contributed by atoms with E-state index in [1.807, 2.05) is 18.2 Å². The molecule has 8 nitrogen and oxygen atoms in total. The molecule has 0 unspecified atom stereocenters. The van der Waals surface area contributed by atoms with Gasteiger partial charge in [0, 0.05) is 66.9 Å². The van der Waals surface area contributed by atoms with Crippen molar-refractivity contribution in [3.05, 3.63) is 70.3 Å². The number of carbonyl (C=O) groups excluding carboxylic acids is 2. The summed E-state index contributed by atoms with van der Waals surface area (Å²) in [5, 5.41) is 4.40. The SMILES string of the molecule is CC(=O)CCCCC(=O)OCn1c(=O)ccc2ccc(OCCCCN3CCN(c4cccc5sccc45)CC3)cc21. The van der Waals surface area contributed by atoms with Crippen molar-refractivity contribution >= 4 is 49.8 Å². The summed E-state index contributed by atoms with van der Waals surface area (Å²) in [6.45, 7) is 7.24. The zero-order chi connectivity index (χ0) is 29.3. The number of hydrogen-bond donors (Lipinski definition) is 0. The maximum absolute atomic E-state index is 12.6. The molecule has 1 aliphatic rings. The molecule has 2 aromatic heterocycles. The molecule has 0 radical (unpaired) electrons. The minimum absolute atomic E-state index is 0.112. The Hall–Kier alpha value is -3.69. The van der Waals surface area contributed by atoms with Crippen LogP contribution in [-0.2, 0) is 21.1 Å². The van der Waals surface area contributed by atoms with E-state index in [9.17, 15) is 14.4 Å². The number of thiophene rings is 1. The van der Waals surface area contributed by atoms with Crippen LogP contribution in [0.25, 0.3) is 21.0 Å². The number of esters is 1. The first-order chi connectivity index (χ1) is 20.5. The molecule has 0 amide bonds. The summed E-state index contributed by atoms with van der Waals surface area (Å²) < 4.78 is 14.2. The zero-order valence-corrected chi connectivity index (χ0v) is 25.1. The number of aromatic nitrogens is 1. The van der Waals surface area contributed by atoms with Crippen LogP contribution in [0.5, 0.6) is 5.75 Å². The van der Waals surface area contributed by atoms with Gasteiger partial charge in [0.2, 0.25) is 0 Å². The van der Waals surface area contributed by atoms with Crippen LogP contribution in [0, 0.1) is 0 Å². The third-order valence-electron chi connectivity index (χ3n) is 7.80. The fourth-order valence-corrected chi connectivity index (χ4v) is 6.24. The molecule has 222 valence electrons. The molecule has 0 aliphatic carbocycles. The average Bonchev–Trinajstić information content (AvgIpc) is 3.48. The molecule has 42 heavy (non-hydrogen) atoms. The number of Topliss-reactive ketones (excluding diaryl/α,β-unsaturated/α-hetero) is 1. The van der Waals surface area contributed by atoms with Crippen molar-refractivity contribution in [1.29, 1.82) is 0 Å². The maximum Gasteiger partial charge on any atom is 0.307 e. The number of anilines is 1.